The summed E-state index contributed by atoms with van der Waals surface area (Å²) in [6.07, 6.45) is -4.85. The summed E-state index contributed by atoms with van der Waals surface area (Å²) in [7, 11) is 0. The molecule has 0 amide bonds. The Labute approximate surface area is 69.2 Å². The first-order valence-corrected chi connectivity index (χ1v) is 3.64. The number of aliphatic hydroxyl groups is 4. The molecule has 0 spiro atoms. The number of hydrogen-bond acceptors (Lipinski definition) is 6. The zero-order valence-corrected chi connectivity index (χ0v) is 6.37. The van der Waals surface area contributed by atoms with Crippen molar-refractivity contribution < 1.29 is 25.2 Å². The molecule has 0 saturated carbocycles. The molecule has 3 unspecified atom stereocenters. The van der Waals surface area contributed by atoms with Crippen molar-refractivity contribution in [3.8, 4) is 0 Å². The Balaban J connectivity index is 2.63. The summed E-state index contributed by atoms with van der Waals surface area (Å²) in [6.45, 7) is -0.470. The molecule has 1 heterocycles. The summed E-state index contributed by atoms with van der Waals surface area (Å²) < 4.78 is 4.70. The average Bonchev–Trinajstić information content (AvgIpc) is 2.08. The molecule has 6 heteroatoms. The van der Waals surface area contributed by atoms with Gasteiger partial charge in [-0.15, -0.1) is 0 Å². The van der Waals surface area contributed by atoms with Crippen molar-refractivity contribution in [1.29, 1.82) is 0 Å². The second-order valence-corrected chi connectivity index (χ2v) is 2.81. The summed E-state index contributed by atoms with van der Waals surface area (Å²) in [5.74, 6) is 0. The minimum Gasteiger partial charge on any atom is -0.394 e. The lowest BCUT2D eigenvalue weighted by Gasteiger charge is -2.38. The van der Waals surface area contributed by atoms with Gasteiger partial charge in [0, 0.05) is 0 Å². The first-order chi connectivity index (χ1) is 5.57. The fraction of sp³-hybridized carbons (Fsp3) is 1.00. The maximum absolute atomic E-state index is 9.20. The van der Waals surface area contributed by atoms with Crippen LogP contribution in [-0.4, -0.2) is 57.7 Å². The standard InChI is InChI=1S/C6H13NO5/c7-3-5(10)4(9)2(1-8)12-6(3)11/h2-6,8-11H,1,7H2/t2?,3-,4?,5?,6+/m0/s1. The lowest BCUT2D eigenvalue weighted by Crippen LogP contribution is -2.61. The molecule has 0 bridgehead atoms. The zero-order valence-electron chi connectivity index (χ0n) is 6.37. The van der Waals surface area contributed by atoms with E-state index in [9.17, 15) is 10.2 Å². The molecule has 72 valence electrons. The monoisotopic (exact) mass is 179 g/mol. The summed E-state index contributed by atoms with van der Waals surface area (Å²) in [5.41, 5.74) is 5.26. The lowest BCUT2D eigenvalue weighted by molar-refractivity contribution is -0.248. The Hall–Kier alpha value is -0.240. The summed E-state index contributed by atoms with van der Waals surface area (Å²) in [5, 5.41) is 36.1. The van der Waals surface area contributed by atoms with E-state index in [1.807, 2.05) is 0 Å². The van der Waals surface area contributed by atoms with E-state index in [4.69, 9.17) is 20.7 Å². The Kier molecular flexibility index (Phi) is 2.99. The molecule has 1 fully saturated rings. The van der Waals surface area contributed by atoms with Crippen LogP contribution in [0.2, 0.25) is 0 Å². The van der Waals surface area contributed by atoms with Gasteiger partial charge in [-0.2, -0.15) is 0 Å². The van der Waals surface area contributed by atoms with Crippen LogP contribution in [0.25, 0.3) is 0 Å². The Morgan fingerprint density at radius 3 is 2.25 bits per heavy atom. The molecule has 0 aromatic carbocycles. The molecule has 5 atom stereocenters. The third-order valence-corrected chi connectivity index (χ3v) is 1.95. The second-order valence-electron chi connectivity index (χ2n) is 2.81. The minimum atomic E-state index is -1.35. The van der Waals surface area contributed by atoms with Crippen LogP contribution in [0.3, 0.4) is 0 Å². The smallest absolute Gasteiger partial charge is 0.173 e. The third kappa shape index (κ3) is 1.58. The molecule has 6 N–H and O–H groups in total. The third-order valence-electron chi connectivity index (χ3n) is 1.95. The molecular weight excluding hydrogens is 166 g/mol. The van der Waals surface area contributed by atoms with Crippen LogP contribution in [0.15, 0.2) is 0 Å². The zero-order chi connectivity index (χ0) is 9.30. The van der Waals surface area contributed by atoms with Crippen molar-refractivity contribution in [3.05, 3.63) is 0 Å². The number of hydrogen-bond donors (Lipinski definition) is 5. The van der Waals surface area contributed by atoms with Gasteiger partial charge < -0.3 is 30.9 Å². The largest absolute Gasteiger partial charge is 0.394 e. The van der Waals surface area contributed by atoms with E-state index in [2.05, 4.69) is 0 Å². The van der Waals surface area contributed by atoms with Crippen LogP contribution in [0.1, 0.15) is 0 Å². The molecular formula is C6H13NO5. The molecule has 12 heavy (non-hydrogen) atoms. The number of nitrogens with two attached hydrogens (primary N) is 1. The van der Waals surface area contributed by atoms with E-state index in [1.165, 1.54) is 0 Å². The van der Waals surface area contributed by atoms with Gasteiger partial charge in [0.15, 0.2) is 6.29 Å². The Morgan fingerprint density at radius 2 is 1.75 bits per heavy atom. The van der Waals surface area contributed by atoms with Crippen LogP contribution in [0.5, 0.6) is 0 Å². The minimum absolute atomic E-state index is 0.470. The van der Waals surface area contributed by atoms with Gasteiger partial charge in [-0.25, -0.2) is 0 Å². The SMILES string of the molecule is N[C@H]1C(O)C(O)C(CO)O[C@H]1O. The van der Waals surface area contributed by atoms with Gasteiger partial charge in [-0.3, -0.25) is 0 Å². The van der Waals surface area contributed by atoms with Crippen LogP contribution in [0.4, 0.5) is 0 Å². The second kappa shape index (κ2) is 3.65. The van der Waals surface area contributed by atoms with Gasteiger partial charge in [-0.1, -0.05) is 0 Å². The highest BCUT2D eigenvalue weighted by Crippen LogP contribution is 2.17. The predicted molar refractivity (Wildman–Crippen MR) is 38.0 cm³/mol. The maximum Gasteiger partial charge on any atom is 0.173 e. The van der Waals surface area contributed by atoms with Crippen molar-refractivity contribution in [1.82, 2.24) is 0 Å². The highest BCUT2D eigenvalue weighted by Gasteiger charge is 2.41. The molecule has 1 saturated heterocycles. The van der Waals surface area contributed by atoms with Gasteiger partial charge in [0.05, 0.1) is 12.6 Å². The quantitative estimate of drug-likeness (QED) is 0.288. The number of ether oxygens (including phenoxy) is 1. The molecule has 1 rings (SSSR count). The predicted octanol–water partition coefficient (Wildman–Crippen LogP) is -3.26. The average molecular weight is 179 g/mol. The van der Waals surface area contributed by atoms with Crippen LogP contribution in [-0.2, 0) is 4.74 Å². The van der Waals surface area contributed by atoms with Crippen molar-refractivity contribution in [2.45, 2.75) is 30.6 Å². The van der Waals surface area contributed by atoms with Crippen LogP contribution < -0.4 is 5.73 Å². The topological polar surface area (TPSA) is 116 Å². The first kappa shape index (κ1) is 9.85. The van der Waals surface area contributed by atoms with Gasteiger partial charge in [-0.05, 0) is 0 Å². The summed E-state index contributed by atoms with van der Waals surface area (Å²) in [6, 6.07) is -1.04. The van der Waals surface area contributed by atoms with Crippen LogP contribution in [0, 0.1) is 0 Å². The fourth-order valence-electron chi connectivity index (χ4n) is 1.12. The Bertz CT molecular complexity index is 150. The first-order valence-electron chi connectivity index (χ1n) is 3.64. The normalized spacial score (nSPS) is 49.2. The van der Waals surface area contributed by atoms with Gasteiger partial charge >= 0.3 is 0 Å². The van der Waals surface area contributed by atoms with E-state index in [1.54, 1.807) is 0 Å². The Morgan fingerprint density at radius 1 is 1.17 bits per heavy atom. The highest BCUT2D eigenvalue weighted by molar-refractivity contribution is 4.90. The lowest BCUT2D eigenvalue weighted by atomic mass is 9.98. The molecule has 1 aliphatic heterocycles. The molecule has 0 aromatic heterocycles. The van der Waals surface area contributed by atoms with Crippen molar-refractivity contribution in [3.63, 3.8) is 0 Å². The van der Waals surface area contributed by atoms with E-state index in [0.29, 0.717) is 0 Å². The van der Waals surface area contributed by atoms with Crippen molar-refractivity contribution in [2.24, 2.45) is 5.73 Å². The molecule has 0 aliphatic carbocycles. The fourth-order valence-corrected chi connectivity index (χ4v) is 1.12. The summed E-state index contributed by atoms with van der Waals surface area (Å²) in [4.78, 5) is 0. The molecule has 1 aliphatic rings. The number of rotatable bonds is 1. The number of aliphatic hydroxyl groups excluding tert-OH is 4. The summed E-state index contributed by atoms with van der Waals surface area (Å²) >= 11 is 0. The molecule has 6 nitrogen and oxygen atoms in total. The van der Waals surface area contributed by atoms with Crippen molar-refractivity contribution in [2.75, 3.05) is 6.61 Å². The highest BCUT2D eigenvalue weighted by atomic mass is 16.6. The van der Waals surface area contributed by atoms with E-state index in [-0.39, 0.29) is 0 Å². The van der Waals surface area contributed by atoms with Crippen LogP contribution >= 0.6 is 0 Å². The molecule has 0 radical (unpaired) electrons. The molecule has 0 aromatic rings. The maximum atomic E-state index is 9.20. The van der Waals surface area contributed by atoms with E-state index < -0.39 is 37.3 Å². The van der Waals surface area contributed by atoms with Gasteiger partial charge in [0.25, 0.3) is 0 Å². The van der Waals surface area contributed by atoms with Crippen molar-refractivity contribution >= 4 is 0 Å². The van der Waals surface area contributed by atoms with Gasteiger partial charge in [0.1, 0.15) is 18.3 Å². The van der Waals surface area contributed by atoms with E-state index in [0.717, 1.165) is 0 Å². The van der Waals surface area contributed by atoms with Gasteiger partial charge in [0.2, 0.25) is 0 Å². The van der Waals surface area contributed by atoms with E-state index >= 15 is 0 Å².